The number of anilines is 1. The molecule has 0 aliphatic rings. The second-order valence-electron chi connectivity index (χ2n) is 3.16. The molecule has 1 aromatic rings. The number of nitrogens with zero attached hydrogens (tertiary/aromatic N) is 4. The van der Waals surface area contributed by atoms with Crippen LogP contribution in [-0.4, -0.2) is 48.8 Å². The predicted octanol–water partition coefficient (Wildman–Crippen LogP) is -0.157. The van der Waals surface area contributed by atoms with Gasteiger partial charge in [0, 0.05) is 19.8 Å². The van der Waals surface area contributed by atoms with Crippen LogP contribution in [0.2, 0.25) is 0 Å². The van der Waals surface area contributed by atoms with E-state index in [1.165, 1.54) is 4.80 Å². The van der Waals surface area contributed by atoms with Crippen LogP contribution in [0, 0.1) is 0 Å². The SMILES string of the molecule is CCO[Si](Cn1nnc(N)n1)(OCC)OCC. The molecule has 17 heavy (non-hydrogen) atoms. The standard InChI is InChI=1S/C8H19N5O3Si/c1-4-14-17(15-5-2,16-6-3)7-13-11-8(9)10-12-13/h4-7H2,1-3H3,(H2,9,11). The molecule has 98 valence electrons. The van der Waals surface area contributed by atoms with Crippen LogP contribution in [0.5, 0.6) is 0 Å². The van der Waals surface area contributed by atoms with Crippen LogP contribution in [0.4, 0.5) is 5.95 Å². The predicted molar refractivity (Wildman–Crippen MR) is 62.9 cm³/mol. The molecule has 1 rings (SSSR count). The molecule has 0 saturated heterocycles. The number of hydrogen-bond acceptors (Lipinski definition) is 7. The number of aromatic nitrogens is 4. The van der Waals surface area contributed by atoms with E-state index in [1.54, 1.807) is 0 Å². The normalized spacial score (nSPS) is 11.9. The highest BCUT2D eigenvalue weighted by molar-refractivity contribution is 6.59. The Balaban J connectivity index is 2.79. The molecule has 8 nitrogen and oxygen atoms in total. The largest absolute Gasteiger partial charge is 0.525 e. The van der Waals surface area contributed by atoms with E-state index in [2.05, 4.69) is 15.4 Å². The third-order valence-electron chi connectivity index (χ3n) is 1.90. The average molecular weight is 261 g/mol. The van der Waals surface area contributed by atoms with Gasteiger partial charge in [0.05, 0.1) is 0 Å². The summed E-state index contributed by atoms with van der Waals surface area (Å²) in [7, 11) is -2.78. The van der Waals surface area contributed by atoms with Crippen molar-refractivity contribution in [2.45, 2.75) is 26.9 Å². The zero-order valence-corrected chi connectivity index (χ0v) is 11.4. The molecule has 0 atom stereocenters. The van der Waals surface area contributed by atoms with E-state index in [1.807, 2.05) is 20.8 Å². The third-order valence-corrected chi connectivity index (χ3v) is 4.75. The molecule has 0 fully saturated rings. The zero-order chi connectivity index (χ0) is 12.7. The maximum Gasteiger partial charge on any atom is 0.525 e. The molecular formula is C8H19N5O3Si. The first-order valence-corrected chi connectivity index (χ1v) is 7.54. The van der Waals surface area contributed by atoms with Crippen molar-refractivity contribution in [1.29, 1.82) is 0 Å². The van der Waals surface area contributed by atoms with Crippen molar-refractivity contribution in [3.05, 3.63) is 0 Å². The number of hydrogen-bond donors (Lipinski definition) is 1. The van der Waals surface area contributed by atoms with Gasteiger partial charge in [-0.2, -0.15) is 4.80 Å². The number of tetrazole rings is 1. The Kier molecular flexibility index (Phi) is 5.48. The van der Waals surface area contributed by atoms with Crippen molar-refractivity contribution in [3.8, 4) is 0 Å². The highest BCUT2D eigenvalue weighted by atomic mass is 28.4. The molecule has 9 heteroatoms. The van der Waals surface area contributed by atoms with E-state index in [9.17, 15) is 0 Å². The molecule has 0 aromatic carbocycles. The lowest BCUT2D eigenvalue weighted by molar-refractivity contribution is 0.0624. The summed E-state index contributed by atoms with van der Waals surface area (Å²) >= 11 is 0. The molecule has 0 unspecified atom stereocenters. The van der Waals surface area contributed by atoms with Gasteiger partial charge >= 0.3 is 8.80 Å². The summed E-state index contributed by atoms with van der Waals surface area (Å²) in [5.74, 6) is 0.123. The fourth-order valence-electron chi connectivity index (χ4n) is 1.42. The first kappa shape index (κ1) is 14.0. The number of nitrogen functional groups attached to an aromatic ring is 1. The van der Waals surface area contributed by atoms with Crippen molar-refractivity contribution < 1.29 is 13.3 Å². The van der Waals surface area contributed by atoms with Gasteiger partial charge in [-0.25, -0.2) is 0 Å². The van der Waals surface area contributed by atoms with E-state index < -0.39 is 8.80 Å². The number of nitrogens with two attached hydrogens (primary N) is 1. The highest BCUT2D eigenvalue weighted by Crippen LogP contribution is 2.12. The number of rotatable bonds is 8. The summed E-state index contributed by atoms with van der Waals surface area (Å²) in [6, 6.07) is 0. The topological polar surface area (TPSA) is 97.3 Å². The zero-order valence-electron chi connectivity index (χ0n) is 10.4. The van der Waals surface area contributed by atoms with E-state index in [0.717, 1.165) is 0 Å². The minimum Gasteiger partial charge on any atom is -0.373 e. The van der Waals surface area contributed by atoms with Gasteiger partial charge in [0.1, 0.15) is 6.17 Å². The smallest absolute Gasteiger partial charge is 0.373 e. The van der Waals surface area contributed by atoms with Gasteiger partial charge in [-0.1, -0.05) is 5.10 Å². The second kappa shape index (κ2) is 6.64. The third kappa shape index (κ3) is 4.04. The van der Waals surface area contributed by atoms with Gasteiger partial charge in [0.25, 0.3) is 5.95 Å². The first-order valence-electron chi connectivity index (χ1n) is 5.61. The van der Waals surface area contributed by atoms with Crippen LogP contribution in [-0.2, 0) is 19.4 Å². The Morgan fingerprint density at radius 3 is 2.00 bits per heavy atom. The average Bonchev–Trinajstić information content (AvgIpc) is 2.65. The van der Waals surface area contributed by atoms with Crippen LogP contribution >= 0.6 is 0 Å². The Morgan fingerprint density at radius 2 is 1.65 bits per heavy atom. The molecular weight excluding hydrogens is 242 g/mol. The van der Waals surface area contributed by atoms with Gasteiger partial charge in [-0.15, -0.1) is 5.10 Å². The molecule has 0 bridgehead atoms. The fourth-order valence-corrected chi connectivity index (χ4v) is 3.74. The van der Waals surface area contributed by atoms with Gasteiger partial charge in [0.2, 0.25) is 0 Å². The van der Waals surface area contributed by atoms with Crippen LogP contribution in [0.1, 0.15) is 20.8 Å². The summed E-state index contributed by atoms with van der Waals surface area (Å²) in [5.41, 5.74) is 5.41. The molecule has 0 amide bonds. The van der Waals surface area contributed by atoms with Crippen molar-refractivity contribution in [2.24, 2.45) is 0 Å². The molecule has 2 N–H and O–H groups in total. The molecule has 0 aliphatic carbocycles. The highest BCUT2D eigenvalue weighted by Gasteiger charge is 2.42. The van der Waals surface area contributed by atoms with E-state index >= 15 is 0 Å². The fraction of sp³-hybridized carbons (Fsp3) is 0.875. The van der Waals surface area contributed by atoms with Crippen molar-refractivity contribution >= 4 is 14.8 Å². The molecule has 1 aromatic heterocycles. The van der Waals surface area contributed by atoms with Gasteiger partial charge in [-0.05, 0) is 26.0 Å². The summed E-state index contributed by atoms with van der Waals surface area (Å²) in [4.78, 5) is 1.35. The lowest BCUT2D eigenvalue weighted by Gasteiger charge is -2.27. The van der Waals surface area contributed by atoms with Gasteiger partial charge in [-0.3, -0.25) is 0 Å². The van der Waals surface area contributed by atoms with Crippen LogP contribution < -0.4 is 5.73 Å². The van der Waals surface area contributed by atoms with Crippen molar-refractivity contribution in [1.82, 2.24) is 20.2 Å². The Bertz CT molecular complexity index is 318. The molecule has 0 radical (unpaired) electrons. The van der Waals surface area contributed by atoms with Crippen LogP contribution in [0.3, 0.4) is 0 Å². The molecule has 1 heterocycles. The van der Waals surface area contributed by atoms with Gasteiger partial charge in [0.15, 0.2) is 0 Å². The maximum absolute atomic E-state index is 5.65. The minimum absolute atomic E-state index is 0.123. The van der Waals surface area contributed by atoms with Crippen LogP contribution in [0.15, 0.2) is 0 Å². The maximum atomic E-state index is 5.65. The van der Waals surface area contributed by atoms with E-state index in [-0.39, 0.29) is 5.95 Å². The monoisotopic (exact) mass is 261 g/mol. The van der Waals surface area contributed by atoms with Crippen molar-refractivity contribution in [2.75, 3.05) is 25.6 Å². The quantitative estimate of drug-likeness (QED) is 0.649. The summed E-state index contributed by atoms with van der Waals surface area (Å²) in [6.45, 7) is 7.21. The Labute approximate surface area is 101 Å². The van der Waals surface area contributed by atoms with Gasteiger partial charge < -0.3 is 19.0 Å². The summed E-state index contributed by atoms with van der Waals surface area (Å²) in [5, 5.41) is 11.3. The summed E-state index contributed by atoms with van der Waals surface area (Å²) < 4.78 is 16.9. The molecule has 0 spiro atoms. The first-order chi connectivity index (χ1) is 8.15. The molecule has 0 aliphatic heterocycles. The lowest BCUT2D eigenvalue weighted by atomic mass is 10.9. The molecule has 0 saturated carbocycles. The summed E-state index contributed by atoms with van der Waals surface area (Å²) in [6.07, 6.45) is 0.312. The second-order valence-corrected chi connectivity index (χ2v) is 5.71. The van der Waals surface area contributed by atoms with Crippen molar-refractivity contribution in [3.63, 3.8) is 0 Å². The van der Waals surface area contributed by atoms with Crippen LogP contribution in [0.25, 0.3) is 0 Å². The lowest BCUT2D eigenvalue weighted by Crippen LogP contribution is -2.50. The Morgan fingerprint density at radius 1 is 1.12 bits per heavy atom. The Hall–Kier alpha value is -1.03. The van der Waals surface area contributed by atoms with E-state index in [4.69, 9.17) is 19.0 Å². The minimum atomic E-state index is -2.78. The van der Waals surface area contributed by atoms with E-state index in [0.29, 0.717) is 26.0 Å².